The molecule has 0 radical (unpaired) electrons. The number of carboxylic acid groups (broad SMARTS) is 1. The Bertz CT molecular complexity index is 862. The molecule has 3 nitrogen and oxygen atoms in total. The third kappa shape index (κ3) is 2.74. The first-order valence-electron chi connectivity index (χ1n) is 6.57. The highest BCUT2D eigenvalue weighted by molar-refractivity contribution is 9.10. The van der Waals surface area contributed by atoms with E-state index in [1.165, 1.54) is 0 Å². The monoisotopic (exact) mass is 373 g/mol. The molecular formula is C17H12BrNO2S. The highest BCUT2D eigenvalue weighted by Gasteiger charge is 2.14. The Hall–Kier alpha value is -1.85. The number of fused-ring (bicyclic) bond motifs is 1. The van der Waals surface area contributed by atoms with Crippen molar-refractivity contribution < 1.29 is 9.90 Å². The lowest BCUT2D eigenvalue weighted by atomic mass is 10.0. The number of benzene rings is 2. The second kappa shape index (κ2) is 6.10. The van der Waals surface area contributed by atoms with Crippen LogP contribution in [0.4, 0.5) is 0 Å². The van der Waals surface area contributed by atoms with Crippen molar-refractivity contribution in [2.45, 2.75) is 4.90 Å². The van der Waals surface area contributed by atoms with Crippen LogP contribution in [0.3, 0.4) is 0 Å². The van der Waals surface area contributed by atoms with Gasteiger partial charge in [-0.25, -0.2) is 9.78 Å². The second-order valence-electron chi connectivity index (χ2n) is 4.72. The lowest BCUT2D eigenvalue weighted by molar-refractivity contribution is 0.0699. The van der Waals surface area contributed by atoms with E-state index < -0.39 is 5.97 Å². The molecule has 5 heteroatoms. The van der Waals surface area contributed by atoms with E-state index in [9.17, 15) is 9.90 Å². The predicted octanol–water partition coefficient (Wildman–Crippen LogP) is 5.08. The highest BCUT2D eigenvalue weighted by atomic mass is 79.9. The van der Waals surface area contributed by atoms with Gasteiger partial charge in [-0.3, -0.25) is 0 Å². The number of rotatable bonds is 3. The summed E-state index contributed by atoms with van der Waals surface area (Å²) >= 11 is 5.11. The first kappa shape index (κ1) is 15.1. The van der Waals surface area contributed by atoms with Crippen molar-refractivity contribution in [3.8, 4) is 11.3 Å². The Morgan fingerprint density at radius 1 is 1.18 bits per heavy atom. The molecule has 3 aromatic rings. The van der Waals surface area contributed by atoms with E-state index in [0.29, 0.717) is 16.6 Å². The third-order valence-electron chi connectivity index (χ3n) is 3.41. The maximum atomic E-state index is 11.6. The Morgan fingerprint density at radius 3 is 2.55 bits per heavy atom. The van der Waals surface area contributed by atoms with E-state index in [-0.39, 0.29) is 5.56 Å². The van der Waals surface area contributed by atoms with Crippen molar-refractivity contribution in [2.24, 2.45) is 0 Å². The average Bonchev–Trinajstić information content (AvgIpc) is 2.54. The summed E-state index contributed by atoms with van der Waals surface area (Å²) < 4.78 is 0.787. The molecule has 1 N–H and O–H groups in total. The van der Waals surface area contributed by atoms with E-state index >= 15 is 0 Å². The van der Waals surface area contributed by atoms with Crippen LogP contribution in [0.5, 0.6) is 0 Å². The van der Waals surface area contributed by atoms with Crippen molar-refractivity contribution in [1.82, 2.24) is 4.98 Å². The summed E-state index contributed by atoms with van der Waals surface area (Å²) in [6, 6.07) is 15.0. The molecule has 0 aliphatic carbocycles. The normalized spacial score (nSPS) is 10.8. The zero-order chi connectivity index (χ0) is 15.7. The molecule has 1 aromatic heterocycles. The van der Waals surface area contributed by atoms with E-state index in [2.05, 4.69) is 20.9 Å². The van der Waals surface area contributed by atoms with Crippen LogP contribution in [0.2, 0.25) is 0 Å². The Morgan fingerprint density at radius 2 is 1.91 bits per heavy atom. The number of carbonyl (C=O) groups is 1. The summed E-state index contributed by atoms with van der Waals surface area (Å²) in [5, 5.41) is 10.1. The third-order valence-corrected chi connectivity index (χ3v) is 4.79. The molecule has 0 aliphatic heterocycles. The molecule has 110 valence electrons. The number of aromatic nitrogens is 1. The van der Waals surface area contributed by atoms with Crippen LogP contribution in [0, 0.1) is 0 Å². The molecule has 0 saturated carbocycles. The molecule has 1 heterocycles. The van der Waals surface area contributed by atoms with Gasteiger partial charge < -0.3 is 5.11 Å². The van der Waals surface area contributed by atoms with Crippen molar-refractivity contribution >= 4 is 44.6 Å². The van der Waals surface area contributed by atoms with E-state index in [1.807, 2.05) is 42.7 Å². The first-order valence-corrected chi connectivity index (χ1v) is 8.59. The molecule has 0 saturated heterocycles. The number of thioether (sulfide) groups is 1. The van der Waals surface area contributed by atoms with Crippen molar-refractivity contribution in [3.05, 3.63) is 58.6 Å². The molecule has 2 aromatic carbocycles. The number of hydrogen-bond acceptors (Lipinski definition) is 3. The van der Waals surface area contributed by atoms with Crippen LogP contribution in [-0.2, 0) is 0 Å². The summed E-state index contributed by atoms with van der Waals surface area (Å²) in [5.41, 5.74) is 2.48. The summed E-state index contributed by atoms with van der Waals surface area (Å²) in [7, 11) is 0. The maximum Gasteiger partial charge on any atom is 0.336 e. The lowest BCUT2D eigenvalue weighted by Gasteiger charge is -2.09. The minimum Gasteiger partial charge on any atom is -0.478 e. The zero-order valence-corrected chi connectivity index (χ0v) is 14.1. The number of halogens is 1. The fourth-order valence-corrected chi connectivity index (χ4v) is 3.16. The van der Waals surface area contributed by atoms with Crippen LogP contribution < -0.4 is 0 Å². The second-order valence-corrected chi connectivity index (χ2v) is 6.46. The van der Waals surface area contributed by atoms with Gasteiger partial charge in [0.1, 0.15) is 0 Å². The van der Waals surface area contributed by atoms with Crippen molar-refractivity contribution in [2.75, 3.05) is 6.26 Å². The van der Waals surface area contributed by atoms with Gasteiger partial charge in [0.05, 0.1) is 16.8 Å². The minimum atomic E-state index is -0.951. The number of carboxylic acids is 1. The standard InChI is InChI=1S/C17H12BrNO2S/c1-22-11-7-5-10(6-8-11)15-9-13(17(20)21)12-3-2-4-14(18)16(12)19-15/h2-9H,1H3,(H,20,21). The van der Waals surface area contributed by atoms with Crippen LogP contribution >= 0.6 is 27.7 Å². The molecule has 0 atom stereocenters. The lowest BCUT2D eigenvalue weighted by Crippen LogP contribution is -2.00. The Balaban J connectivity index is 2.25. The van der Waals surface area contributed by atoms with Crippen LogP contribution in [0.15, 0.2) is 57.9 Å². The predicted molar refractivity (Wildman–Crippen MR) is 93.6 cm³/mol. The molecule has 0 spiro atoms. The molecule has 3 rings (SSSR count). The van der Waals surface area contributed by atoms with E-state index in [1.54, 1.807) is 23.9 Å². The molecule has 0 bridgehead atoms. The molecule has 0 amide bonds. The highest BCUT2D eigenvalue weighted by Crippen LogP contribution is 2.30. The largest absolute Gasteiger partial charge is 0.478 e. The van der Waals surface area contributed by atoms with Gasteiger partial charge in [-0.15, -0.1) is 11.8 Å². The molecule has 0 aliphatic rings. The minimum absolute atomic E-state index is 0.259. The van der Waals surface area contributed by atoms with Gasteiger partial charge in [0, 0.05) is 20.3 Å². The number of aromatic carboxylic acids is 1. The summed E-state index contributed by atoms with van der Waals surface area (Å²) in [6.45, 7) is 0. The number of pyridine rings is 1. The fourth-order valence-electron chi connectivity index (χ4n) is 2.30. The average molecular weight is 374 g/mol. The Labute approximate surface area is 140 Å². The number of nitrogens with zero attached hydrogens (tertiary/aromatic N) is 1. The summed E-state index contributed by atoms with van der Waals surface area (Å²) in [6.07, 6.45) is 2.02. The Kier molecular flexibility index (Phi) is 4.18. The van der Waals surface area contributed by atoms with Crippen LogP contribution in [0.1, 0.15) is 10.4 Å². The maximum absolute atomic E-state index is 11.6. The van der Waals surface area contributed by atoms with Gasteiger partial charge in [-0.05, 0) is 46.5 Å². The van der Waals surface area contributed by atoms with Gasteiger partial charge in [-0.1, -0.05) is 24.3 Å². The van der Waals surface area contributed by atoms with Gasteiger partial charge in [0.15, 0.2) is 0 Å². The van der Waals surface area contributed by atoms with Crippen LogP contribution in [-0.4, -0.2) is 22.3 Å². The van der Waals surface area contributed by atoms with Gasteiger partial charge in [0.25, 0.3) is 0 Å². The van der Waals surface area contributed by atoms with Crippen LogP contribution in [0.25, 0.3) is 22.2 Å². The van der Waals surface area contributed by atoms with Crippen molar-refractivity contribution in [3.63, 3.8) is 0 Å². The van der Waals surface area contributed by atoms with E-state index in [4.69, 9.17) is 0 Å². The number of hydrogen-bond donors (Lipinski definition) is 1. The van der Waals surface area contributed by atoms with E-state index in [0.717, 1.165) is 14.9 Å². The van der Waals surface area contributed by atoms with Gasteiger partial charge >= 0.3 is 5.97 Å². The molecule has 0 fully saturated rings. The molecular weight excluding hydrogens is 362 g/mol. The molecule has 22 heavy (non-hydrogen) atoms. The smallest absolute Gasteiger partial charge is 0.336 e. The quantitative estimate of drug-likeness (QED) is 0.650. The van der Waals surface area contributed by atoms with Gasteiger partial charge in [-0.2, -0.15) is 0 Å². The summed E-state index contributed by atoms with van der Waals surface area (Å²) in [5.74, 6) is -0.951. The topological polar surface area (TPSA) is 50.2 Å². The summed E-state index contributed by atoms with van der Waals surface area (Å²) in [4.78, 5) is 17.3. The SMILES string of the molecule is CSc1ccc(-c2cc(C(=O)O)c3cccc(Br)c3n2)cc1. The molecule has 0 unspecified atom stereocenters. The fraction of sp³-hybridized carbons (Fsp3) is 0.0588. The van der Waals surface area contributed by atoms with Crippen molar-refractivity contribution in [1.29, 1.82) is 0 Å². The first-order chi connectivity index (χ1) is 10.6. The number of para-hydroxylation sites is 1. The zero-order valence-electron chi connectivity index (χ0n) is 11.7. The van der Waals surface area contributed by atoms with Gasteiger partial charge in [0.2, 0.25) is 0 Å².